The van der Waals surface area contributed by atoms with Crippen molar-refractivity contribution in [3.05, 3.63) is 0 Å². The van der Waals surface area contributed by atoms with Gasteiger partial charge in [0.2, 0.25) is 0 Å². The molecule has 0 aromatic rings. The summed E-state index contributed by atoms with van der Waals surface area (Å²) in [5, 5.41) is 0. The molecule has 0 unspecified atom stereocenters. The van der Waals surface area contributed by atoms with Gasteiger partial charge in [0, 0.05) is 6.42 Å². The van der Waals surface area contributed by atoms with Crippen molar-refractivity contribution in [1.29, 1.82) is 0 Å². The zero-order valence-electron chi connectivity index (χ0n) is 35.4. The van der Waals surface area contributed by atoms with Gasteiger partial charge in [-0.1, -0.05) is 142 Å². The van der Waals surface area contributed by atoms with Gasteiger partial charge in [-0.15, -0.1) is 0 Å². The topological polar surface area (TPSA) is 101 Å². The highest BCUT2D eigenvalue weighted by atomic mass is 16.7. The molecule has 0 radical (unpaired) electrons. The zero-order chi connectivity index (χ0) is 39.0. The molecule has 0 spiro atoms. The van der Waals surface area contributed by atoms with E-state index in [9.17, 15) is 14.4 Å². The molecule has 54 heavy (non-hydrogen) atoms. The Balaban J connectivity index is 2.11. The molecular formula is C45H85NO8. The first kappa shape index (κ1) is 50.0. The molecule has 0 atom stereocenters. The second kappa shape index (κ2) is 39.2. The molecule has 0 aromatic carbocycles. The molecule has 0 aliphatic carbocycles. The van der Waals surface area contributed by atoms with Crippen LogP contribution in [0.3, 0.4) is 0 Å². The molecule has 0 saturated carbocycles. The Morgan fingerprint density at radius 2 is 0.778 bits per heavy atom. The molecule has 0 N–H and O–H groups in total. The van der Waals surface area contributed by atoms with E-state index in [2.05, 4.69) is 18.7 Å². The molecule has 1 fully saturated rings. The number of hydrogen-bond donors (Lipinski definition) is 0. The van der Waals surface area contributed by atoms with E-state index >= 15 is 0 Å². The lowest BCUT2D eigenvalue weighted by atomic mass is 10.0. The summed E-state index contributed by atoms with van der Waals surface area (Å²) in [6.45, 7) is 9.53. The molecule has 0 bridgehead atoms. The number of rotatable bonds is 39. The molecule has 9 heteroatoms. The third-order valence-electron chi connectivity index (χ3n) is 10.6. The minimum absolute atomic E-state index is 0.00484. The lowest BCUT2D eigenvalue weighted by Gasteiger charge is -2.19. The average Bonchev–Trinajstić information content (AvgIpc) is 3.69. The van der Waals surface area contributed by atoms with Gasteiger partial charge in [0.1, 0.15) is 6.10 Å². The number of nitrogens with zero attached hydrogens (tertiary/aromatic N) is 1. The van der Waals surface area contributed by atoms with Gasteiger partial charge in [0.05, 0.1) is 26.4 Å². The van der Waals surface area contributed by atoms with Crippen molar-refractivity contribution in [3.8, 4) is 0 Å². The second-order valence-corrected chi connectivity index (χ2v) is 15.7. The van der Waals surface area contributed by atoms with Crippen LogP contribution in [0.25, 0.3) is 0 Å². The van der Waals surface area contributed by atoms with Gasteiger partial charge in [0.15, 0.2) is 0 Å². The van der Waals surface area contributed by atoms with Gasteiger partial charge in [0.25, 0.3) is 0 Å². The van der Waals surface area contributed by atoms with E-state index in [0.717, 1.165) is 142 Å². The minimum atomic E-state index is -0.532. The normalized spacial score (nSPS) is 13.0. The first-order chi connectivity index (χ1) is 26.5. The monoisotopic (exact) mass is 768 g/mol. The predicted molar refractivity (Wildman–Crippen MR) is 220 cm³/mol. The van der Waals surface area contributed by atoms with Crippen molar-refractivity contribution in [2.75, 3.05) is 46.1 Å². The van der Waals surface area contributed by atoms with Gasteiger partial charge in [-0.2, -0.15) is 0 Å². The van der Waals surface area contributed by atoms with Crippen LogP contribution in [0.5, 0.6) is 0 Å². The summed E-state index contributed by atoms with van der Waals surface area (Å²) < 4.78 is 26.9. The van der Waals surface area contributed by atoms with Crippen LogP contribution in [0.15, 0.2) is 0 Å². The van der Waals surface area contributed by atoms with Gasteiger partial charge < -0.3 is 28.6 Å². The number of hydrogen-bond acceptors (Lipinski definition) is 9. The van der Waals surface area contributed by atoms with Crippen LogP contribution in [-0.4, -0.2) is 75.3 Å². The smallest absolute Gasteiger partial charge is 0.462 e. The Kier molecular flexibility index (Phi) is 36.3. The van der Waals surface area contributed by atoms with Crippen LogP contribution in [0.2, 0.25) is 0 Å². The Labute approximate surface area is 332 Å². The van der Waals surface area contributed by atoms with E-state index in [1.165, 1.54) is 77.0 Å². The van der Waals surface area contributed by atoms with Crippen LogP contribution in [0.1, 0.15) is 219 Å². The van der Waals surface area contributed by atoms with E-state index in [4.69, 9.17) is 23.7 Å². The summed E-state index contributed by atoms with van der Waals surface area (Å²) in [5.41, 5.74) is 0. The quantitative estimate of drug-likeness (QED) is 0.0344. The molecule has 0 aromatic heterocycles. The number of esters is 1. The van der Waals surface area contributed by atoms with Crippen molar-refractivity contribution >= 4 is 18.3 Å². The summed E-state index contributed by atoms with van der Waals surface area (Å²) in [5.74, 6) is -0.0407. The first-order valence-corrected chi connectivity index (χ1v) is 23.1. The van der Waals surface area contributed by atoms with E-state index in [1.54, 1.807) is 0 Å². The number of carbonyl (C=O) groups excluding carboxylic acids is 3. The maximum Gasteiger partial charge on any atom is 0.508 e. The highest BCUT2D eigenvalue weighted by Crippen LogP contribution is 2.18. The predicted octanol–water partition coefficient (Wildman–Crippen LogP) is 13.0. The Morgan fingerprint density at radius 1 is 0.444 bits per heavy atom. The third kappa shape index (κ3) is 34.5. The molecule has 9 nitrogen and oxygen atoms in total. The zero-order valence-corrected chi connectivity index (χ0v) is 35.4. The van der Waals surface area contributed by atoms with Crippen LogP contribution in [-0.2, 0) is 28.5 Å². The SMILES string of the molecule is CCCCCCCCCOC(=O)OCCCCCCCCC(CCCCCCCCOC(=O)OCCCCCCCCC)OC(=O)CCCN1CCCC1. The number of likely N-dealkylation sites (tertiary alicyclic amines) is 1. The first-order valence-electron chi connectivity index (χ1n) is 23.1. The molecule has 1 aliphatic heterocycles. The molecule has 1 aliphatic rings. The van der Waals surface area contributed by atoms with Crippen molar-refractivity contribution in [2.24, 2.45) is 0 Å². The molecule has 0 amide bonds. The minimum Gasteiger partial charge on any atom is -0.462 e. The Morgan fingerprint density at radius 3 is 1.15 bits per heavy atom. The van der Waals surface area contributed by atoms with E-state index in [-0.39, 0.29) is 12.1 Å². The number of unbranched alkanes of at least 4 members (excludes halogenated alkanes) is 22. The van der Waals surface area contributed by atoms with Crippen LogP contribution < -0.4 is 0 Å². The maximum atomic E-state index is 12.7. The fourth-order valence-corrected chi connectivity index (χ4v) is 7.15. The van der Waals surface area contributed by atoms with Gasteiger partial charge in [-0.25, -0.2) is 9.59 Å². The van der Waals surface area contributed by atoms with Gasteiger partial charge in [-0.3, -0.25) is 4.79 Å². The van der Waals surface area contributed by atoms with E-state index in [1.807, 2.05) is 0 Å². The van der Waals surface area contributed by atoms with Crippen molar-refractivity contribution in [2.45, 2.75) is 225 Å². The van der Waals surface area contributed by atoms with Gasteiger partial charge in [-0.05, 0) is 90.3 Å². The fraction of sp³-hybridized carbons (Fsp3) is 0.933. The molecular weight excluding hydrogens is 682 g/mol. The van der Waals surface area contributed by atoms with E-state index < -0.39 is 12.3 Å². The standard InChI is InChI=1S/C45H85NO8/c1-3-5-7-9-13-19-27-38-50-44(48)52-40-29-21-15-11-17-23-32-42(54-43(47)34-31-37-46-35-25-26-36-46)33-24-18-12-16-22-30-41-53-45(49)51-39-28-20-14-10-8-6-4-2/h42H,3-41H2,1-2H3. The van der Waals surface area contributed by atoms with Crippen molar-refractivity contribution in [1.82, 2.24) is 4.90 Å². The Bertz CT molecular complexity index is 800. The molecule has 1 heterocycles. The lowest BCUT2D eigenvalue weighted by Crippen LogP contribution is -2.23. The summed E-state index contributed by atoms with van der Waals surface area (Å²) in [7, 11) is 0. The van der Waals surface area contributed by atoms with Crippen molar-refractivity contribution in [3.63, 3.8) is 0 Å². The van der Waals surface area contributed by atoms with Crippen molar-refractivity contribution < 1.29 is 38.1 Å². The number of carbonyl (C=O) groups is 3. The largest absolute Gasteiger partial charge is 0.508 e. The number of ether oxygens (including phenoxy) is 5. The van der Waals surface area contributed by atoms with Crippen LogP contribution in [0.4, 0.5) is 9.59 Å². The summed E-state index contributed by atoms with van der Waals surface area (Å²) in [4.78, 5) is 38.8. The molecule has 1 saturated heterocycles. The molecule has 318 valence electrons. The Hall–Kier alpha value is -2.03. The third-order valence-corrected chi connectivity index (χ3v) is 10.6. The molecule has 1 rings (SSSR count). The second-order valence-electron chi connectivity index (χ2n) is 15.7. The van der Waals surface area contributed by atoms with Crippen LogP contribution >= 0.6 is 0 Å². The fourth-order valence-electron chi connectivity index (χ4n) is 7.15. The average molecular weight is 768 g/mol. The lowest BCUT2D eigenvalue weighted by molar-refractivity contribution is -0.150. The summed E-state index contributed by atoms with van der Waals surface area (Å²) in [6.07, 6.45) is 34.2. The highest BCUT2D eigenvalue weighted by molar-refractivity contribution is 5.69. The van der Waals surface area contributed by atoms with E-state index in [0.29, 0.717) is 32.8 Å². The van der Waals surface area contributed by atoms with Gasteiger partial charge >= 0.3 is 18.3 Å². The summed E-state index contributed by atoms with van der Waals surface area (Å²) in [6, 6.07) is 0. The highest BCUT2D eigenvalue weighted by Gasteiger charge is 2.16. The summed E-state index contributed by atoms with van der Waals surface area (Å²) >= 11 is 0. The van der Waals surface area contributed by atoms with Crippen LogP contribution in [0, 0.1) is 0 Å². The maximum absolute atomic E-state index is 12.7.